The van der Waals surface area contributed by atoms with Crippen molar-refractivity contribution in [1.29, 1.82) is 0 Å². The number of aryl methyl sites for hydroxylation is 2. The van der Waals surface area contributed by atoms with Crippen molar-refractivity contribution in [2.45, 2.75) is 65.5 Å². The molecular weight excluding hydrogens is 250 g/mol. The lowest BCUT2D eigenvalue weighted by Crippen LogP contribution is -2.38. The SMILES string of the molecule is COC1(c2nc(C)c(CN)c(C)n2)CCC(C)(C)CC1. The first-order valence-corrected chi connectivity index (χ1v) is 7.43. The molecule has 0 amide bonds. The topological polar surface area (TPSA) is 61.0 Å². The first kappa shape index (κ1) is 15.4. The zero-order valence-electron chi connectivity index (χ0n) is 13.4. The molecule has 1 fully saturated rings. The van der Waals surface area contributed by atoms with E-state index in [4.69, 9.17) is 20.4 Å². The van der Waals surface area contributed by atoms with Crippen molar-refractivity contribution < 1.29 is 4.74 Å². The number of rotatable bonds is 3. The largest absolute Gasteiger partial charge is 0.370 e. The smallest absolute Gasteiger partial charge is 0.160 e. The first-order chi connectivity index (χ1) is 9.33. The maximum atomic E-state index is 5.89. The van der Waals surface area contributed by atoms with Gasteiger partial charge in [-0.3, -0.25) is 0 Å². The van der Waals surface area contributed by atoms with Gasteiger partial charge in [0.25, 0.3) is 0 Å². The van der Waals surface area contributed by atoms with Crippen LogP contribution in [0.25, 0.3) is 0 Å². The summed E-state index contributed by atoms with van der Waals surface area (Å²) in [6.07, 6.45) is 4.25. The van der Waals surface area contributed by atoms with Crippen molar-refractivity contribution in [2.75, 3.05) is 7.11 Å². The zero-order valence-corrected chi connectivity index (χ0v) is 13.4. The summed E-state index contributed by atoms with van der Waals surface area (Å²) < 4.78 is 5.89. The molecule has 1 aromatic rings. The maximum absolute atomic E-state index is 5.89. The third kappa shape index (κ3) is 2.72. The van der Waals surface area contributed by atoms with Crippen LogP contribution in [0.3, 0.4) is 0 Å². The lowest BCUT2D eigenvalue weighted by atomic mass is 9.70. The van der Waals surface area contributed by atoms with Gasteiger partial charge in [-0.25, -0.2) is 9.97 Å². The van der Waals surface area contributed by atoms with Crippen molar-refractivity contribution in [1.82, 2.24) is 9.97 Å². The monoisotopic (exact) mass is 277 g/mol. The molecule has 2 N–H and O–H groups in total. The number of hydrogen-bond donors (Lipinski definition) is 1. The van der Waals surface area contributed by atoms with E-state index in [2.05, 4.69) is 13.8 Å². The lowest BCUT2D eigenvalue weighted by Gasteiger charge is -2.41. The molecule has 20 heavy (non-hydrogen) atoms. The van der Waals surface area contributed by atoms with Gasteiger partial charge in [-0.2, -0.15) is 0 Å². The van der Waals surface area contributed by atoms with Crippen LogP contribution >= 0.6 is 0 Å². The summed E-state index contributed by atoms with van der Waals surface area (Å²) in [6, 6.07) is 0. The van der Waals surface area contributed by atoms with E-state index in [-0.39, 0.29) is 5.60 Å². The van der Waals surface area contributed by atoms with Gasteiger partial charge in [0.05, 0.1) is 0 Å². The Hall–Kier alpha value is -1.00. The Morgan fingerprint density at radius 3 is 1.95 bits per heavy atom. The van der Waals surface area contributed by atoms with Gasteiger partial charge < -0.3 is 10.5 Å². The Labute approximate surface area is 122 Å². The molecule has 0 atom stereocenters. The molecule has 0 radical (unpaired) electrons. The van der Waals surface area contributed by atoms with Gasteiger partial charge in [0.1, 0.15) is 5.60 Å². The van der Waals surface area contributed by atoms with Crippen LogP contribution in [0.15, 0.2) is 0 Å². The fourth-order valence-corrected chi connectivity index (χ4v) is 3.09. The Morgan fingerprint density at radius 1 is 1.05 bits per heavy atom. The van der Waals surface area contributed by atoms with Crippen LogP contribution in [0.5, 0.6) is 0 Å². The highest BCUT2D eigenvalue weighted by Gasteiger charge is 2.42. The molecule has 1 aliphatic carbocycles. The lowest BCUT2D eigenvalue weighted by molar-refractivity contribution is -0.0731. The van der Waals surface area contributed by atoms with E-state index in [0.29, 0.717) is 12.0 Å². The van der Waals surface area contributed by atoms with E-state index in [9.17, 15) is 0 Å². The molecule has 1 saturated carbocycles. The van der Waals surface area contributed by atoms with E-state index in [1.165, 1.54) is 0 Å². The second-order valence-electron chi connectivity index (χ2n) is 6.76. The first-order valence-electron chi connectivity index (χ1n) is 7.43. The third-order valence-corrected chi connectivity index (χ3v) is 4.83. The molecule has 0 unspecified atom stereocenters. The van der Waals surface area contributed by atoms with Crippen LogP contribution in [0, 0.1) is 19.3 Å². The van der Waals surface area contributed by atoms with E-state index in [1.807, 2.05) is 13.8 Å². The van der Waals surface area contributed by atoms with Crippen molar-refractivity contribution in [3.8, 4) is 0 Å². The van der Waals surface area contributed by atoms with E-state index >= 15 is 0 Å². The summed E-state index contributed by atoms with van der Waals surface area (Å²) in [7, 11) is 1.78. The molecule has 2 rings (SSSR count). The molecule has 0 bridgehead atoms. The Kier molecular flexibility index (Phi) is 4.17. The molecule has 1 aliphatic rings. The number of methoxy groups -OCH3 is 1. The summed E-state index contributed by atoms with van der Waals surface area (Å²) >= 11 is 0. The molecule has 0 aromatic carbocycles. The molecule has 4 nitrogen and oxygen atoms in total. The molecule has 1 heterocycles. The van der Waals surface area contributed by atoms with E-state index < -0.39 is 0 Å². The standard InChI is InChI=1S/C16H27N3O/c1-11-13(10-17)12(2)19-14(18-11)16(20-5)8-6-15(3,4)7-9-16/h6-10,17H2,1-5H3. The summed E-state index contributed by atoms with van der Waals surface area (Å²) in [5, 5.41) is 0. The zero-order chi connectivity index (χ0) is 15.0. The average Bonchev–Trinajstić information content (AvgIpc) is 2.39. The van der Waals surface area contributed by atoms with E-state index in [1.54, 1.807) is 7.11 Å². The van der Waals surface area contributed by atoms with Crippen molar-refractivity contribution >= 4 is 0 Å². The average molecular weight is 277 g/mol. The molecule has 0 aliphatic heterocycles. The summed E-state index contributed by atoms with van der Waals surface area (Å²) in [6.45, 7) is 9.15. The second-order valence-corrected chi connectivity index (χ2v) is 6.76. The molecule has 112 valence electrons. The number of nitrogens with two attached hydrogens (primary N) is 1. The van der Waals surface area contributed by atoms with Crippen molar-refractivity contribution in [3.63, 3.8) is 0 Å². The number of hydrogen-bond acceptors (Lipinski definition) is 4. The Bertz CT molecular complexity index is 463. The van der Waals surface area contributed by atoms with Crippen molar-refractivity contribution in [3.05, 3.63) is 22.8 Å². The van der Waals surface area contributed by atoms with Crippen LogP contribution in [0.1, 0.15) is 62.3 Å². The van der Waals surface area contributed by atoms with Crippen LogP contribution in [0.2, 0.25) is 0 Å². The van der Waals surface area contributed by atoms with Crippen LogP contribution < -0.4 is 5.73 Å². The molecule has 4 heteroatoms. The summed E-state index contributed by atoms with van der Waals surface area (Å²) in [5.41, 5.74) is 8.86. The van der Waals surface area contributed by atoms with Gasteiger partial charge in [0.15, 0.2) is 5.82 Å². The van der Waals surface area contributed by atoms with Gasteiger partial charge in [-0.15, -0.1) is 0 Å². The number of nitrogens with zero attached hydrogens (tertiary/aromatic N) is 2. The van der Waals surface area contributed by atoms with Crippen molar-refractivity contribution in [2.24, 2.45) is 11.1 Å². The number of aromatic nitrogens is 2. The maximum Gasteiger partial charge on any atom is 0.160 e. The fraction of sp³-hybridized carbons (Fsp3) is 0.750. The predicted octanol–water partition coefficient (Wildman–Crippen LogP) is 2.99. The Morgan fingerprint density at radius 2 is 1.55 bits per heavy atom. The van der Waals surface area contributed by atoms with Gasteiger partial charge in [-0.05, 0) is 44.9 Å². The molecule has 0 spiro atoms. The second kappa shape index (κ2) is 5.41. The minimum Gasteiger partial charge on any atom is -0.370 e. The number of ether oxygens (including phenoxy) is 1. The van der Waals surface area contributed by atoms with Crippen LogP contribution in [-0.4, -0.2) is 17.1 Å². The minimum absolute atomic E-state index is 0.321. The highest BCUT2D eigenvalue weighted by atomic mass is 16.5. The highest BCUT2D eigenvalue weighted by Crippen LogP contribution is 2.46. The van der Waals surface area contributed by atoms with Gasteiger partial charge in [0, 0.05) is 30.6 Å². The van der Waals surface area contributed by atoms with Crippen LogP contribution in [-0.2, 0) is 16.9 Å². The third-order valence-electron chi connectivity index (χ3n) is 4.83. The van der Waals surface area contributed by atoms with Gasteiger partial charge >= 0.3 is 0 Å². The summed E-state index contributed by atoms with van der Waals surface area (Å²) in [4.78, 5) is 9.41. The van der Waals surface area contributed by atoms with E-state index in [0.717, 1.165) is 48.5 Å². The highest BCUT2D eigenvalue weighted by molar-refractivity contribution is 5.25. The van der Waals surface area contributed by atoms with Gasteiger partial charge in [0.2, 0.25) is 0 Å². The quantitative estimate of drug-likeness (QED) is 0.922. The molecule has 1 aromatic heterocycles. The minimum atomic E-state index is -0.321. The summed E-state index contributed by atoms with van der Waals surface area (Å²) in [5.74, 6) is 0.836. The Balaban J connectivity index is 2.38. The van der Waals surface area contributed by atoms with Crippen LogP contribution in [0.4, 0.5) is 0 Å². The fourth-order valence-electron chi connectivity index (χ4n) is 3.09. The van der Waals surface area contributed by atoms with Gasteiger partial charge in [-0.1, -0.05) is 13.8 Å². The predicted molar refractivity (Wildman–Crippen MR) is 80.3 cm³/mol. The molecular formula is C16H27N3O. The molecule has 0 saturated heterocycles. The normalized spacial score (nSPS) is 20.9.